The highest BCUT2D eigenvalue weighted by Gasteiger charge is 2.14. The zero-order valence-corrected chi connectivity index (χ0v) is 13.6. The Balaban J connectivity index is 1.83. The van der Waals surface area contributed by atoms with Gasteiger partial charge in [0.15, 0.2) is 5.69 Å². The Hall–Kier alpha value is -4.09. The van der Waals surface area contributed by atoms with Crippen molar-refractivity contribution in [2.24, 2.45) is 0 Å². The van der Waals surface area contributed by atoms with Gasteiger partial charge in [-0.1, -0.05) is 36.4 Å². The van der Waals surface area contributed by atoms with Gasteiger partial charge in [-0.05, 0) is 29.8 Å². The first kappa shape index (κ1) is 15.4. The Morgan fingerprint density at radius 1 is 1.04 bits per heavy atom. The molecule has 122 valence electrons. The van der Waals surface area contributed by atoms with Gasteiger partial charge in [0, 0.05) is 5.56 Å². The lowest BCUT2D eigenvalue weighted by Gasteiger charge is -2.08. The second-order valence-corrected chi connectivity index (χ2v) is 5.79. The molecule has 0 aliphatic heterocycles. The number of fused-ring (bicyclic) bond motifs is 1. The van der Waals surface area contributed by atoms with Crippen molar-refractivity contribution in [3.05, 3.63) is 77.6 Å². The minimum absolute atomic E-state index is 0.114. The third kappa shape index (κ3) is 2.54. The van der Waals surface area contributed by atoms with Crippen LogP contribution in [0.1, 0.15) is 5.56 Å². The lowest BCUT2D eigenvalue weighted by atomic mass is 10.0. The maximum absolute atomic E-state index is 10.8. The van der Waals surface area contributed by atoms with Gasteiger partial charge < -0.3 is 10.1 Å². The molecule has 4 rings (SSSR count). The van der Waals surface area contributed by atoms with Gasteiger partial charge in [-0.15, -0.1) is 0 Å². The number of phenols is 1. The van der Waals surface area contributed by atoms with Crippen LogP contribution in [0.15, 0.2) is 60.7 Å². The van der Waals surface area contributed by atoms with E-state index in [0.717, 1.165) is 16.6 Å². The number of nitriles is 1. The van der Waals surface area contributed by atoms with Gasteiger partial charge in [-0.3, -0.25) is 0 Å². The molecule has 0 saturated heterocycles. The fourth-order valence-corrected chi connectivity index (χ4v) is 2.89. The van der Waals surface area contributed by atoms with Crippen LogP contribution in [-0.2, 0) is 0 Å². The van der Waals surface area contributed by atoms with Crippen molar-refractivity contribution < 1.29 is 5.11 Å². The second-order valence-electron chi connectivity index (χ2n) is 5.79. The SMILES string of the molecule is [C-]#[N+]c1ccc(-c2cccc(-c3nc4ccc(C#N)cc4[nH]3)c2O)cc1. The zero-order chi connectivity index (χ0) is 18.1. The number of nitrogens with one attached hydrogen (secondary N) is 1. The molecule has 0 saturated carbocycles. The van der Waals surface area contributed by atoms with Gasteiger partial charge >= 0.3 is 0 Å². The van der Waals surface area contributed by atoms with Crippen molar-refractivity contribution >= 4 is 16.7 Å². The first-order valence-electron chi connectivity index (χ1n) is 7.90. The van der Waals surface area contributed by atoms with Gasteiger partial charge in [-0.25, -0.2) is 9.83 Å². The van der Waals surface area contributed by atoms with Crippen molar-refractivity contribution in [3.8, 4) is 34.3 Å². The number of nitrogens with zero attached hydrogens (tertiary/aromatic N) is 3. The molecule has 0 amide bonds. The number of aromatic nitrogens is 2. The molecule has 2 N–H and O–H groups in total. The number of aromatic amines is 1. The monoisotopic (exact) mass is 336 g/mol. The number of rotatable bonds is 2. The average Bonchev–Trinajstić information content (AvgIpc) is 3.11. The van der Waals surface area contributed by atoms with Crippen molar-refractivity contribution in [2.45, 2.75) is 0 Å². The number of imidazole rings is 1. The second kappa shape index (κ2) is 6.08. The zero-order valence-electron chi connectivity index (χ0n) is 13.6. The number of hydrogen-bond acceptors (Lipinski definition) is 3. The lowest BCUT2D eigenvalue weighted by molar-refractivity contribution is 0.479. The van der Waals surface area contributed by atoms with Crippen LogP contribution < -0.4 is 0 Å². The number of para-hydroxylation sites is 1. The molecule has 0 aliphatic rings. The standard InChI is InChI=1S/C21H12N4O/c1-23-15-8-6-14(7-9-15)16-3-2-4-17(20(16)26)21-24-18-10-5-13(12-22)11-19(18)25-21/h2-11,26H,(H,24,25). The van der Waals surface area contributed by atoms with Crippen LogP contribution in [0.3, 0.4) is 0 Å². The minimum Gasteiger partial charge on any atom is -0.507 e. The number of H-pyrrole nitrogens is 1. The average molecular weight is 336 g/mol. The highest BCUT2D eigenvalue weighted by atomic mass is 16.3. The smallest absolute Gasteiger partial charge is 0.187 e. The fourth-order valence-electron chi connectivity index (χ4n) is 2.89. The van der Waals surface area contributed by atoms with Gasteiger partial charge in [-0.2, -0.15) is 5.26 Å². The maximum Gasteiger partial charge on any atom is 0.187 e. The third-order valence-electron chi connectivity index (χ3n) is 4.21. The van der Waals surface area contributed by atoms with Crippen molar-refractivity contribution in [2.75, 3.05) is 0 Å². The van der Waals surface area contributed by atoms with Gasteiger partial charge in [0.2, 0.25) is 0 Å². The summed E-state index contributed by atoms with van der Waals surface area (Å²) in [4.78, 5) is 11.1. The molecule has 1 heterocycles. The Morgan fingerprint density at radius 2 is 1.81 bits per heavy atom. The molecule has 0 spiro atoms. The van der Waals surface area contributed by atoms with Crippen LogP contribution in [0.4, 0.5) is 5.69 Å². The van der Waals surface area contributed by atoms with Crippen LogP contribution >= 0.6 is 0 Å². The van der Waals surface area contributed by atoms with E-state index < -0.39 is 0 Å². The summed E-state index contributed by atoms with van der Waals surface area (Å²) in [6.45, 7) is 7.03. The first-order valence-corrected chi connectivity index (χ1v) is 7.90. The van der Waals surface area contributed by atoms with E-state index in [1.165, 1.54) is 0 Å². The Labute approximate surface area is 149 Å². The molecule has 5 nitrogen and oxygen atoms in total. The van der Waals surface area contributed by atoms with E-state index in [0.29, 0.717) is 28.2 Å². The van der Waals surface area contributed by atoms with Crippen LogP contribution in [0.5, 0.6) is 5.75 Å². The molecule has 0 aliphatic carbocycles. The molecular weight excluding hydrogens is 324 g/mol. The number of phenolic OH excluding ortho intramolecular Hbond substituents is 1. The van der Waals surface area contributed by atoms with E-state index in [1.54, 1.807) is 36.4 Å². The van der Waals surface area contributed by atoms with Crippen molar-refractivity contribution in [1.29, 1.82) is 5.26 Å². The van der Waals surface area contributed by atoms with Crippen molar-refractivity contribution in [3.63, 3.8) is 0 Å². The minimum atomic E-state index is 0.114. The fraction of sp³-hybridized carbons (Fsp3) is 0. The summed E-state index contributed by atoms with van der Waals surface area (Å²) in [5.41, 5.74) is 4.62. The van der Waals surface area contributed by atoms with E-state index >= 15 is 0 Å². The topological polar surface area (TPSA) is 77.1 Å². The largest absolute Gasteiger partial charge is 0.507 e. The molecule has 0 atom stereocenters. The summed E-state index contributed by atoms with van der Waals surface area (Å²) in [5.74, 6) is 0.648. The predicted molar refractivity (Wildman–Crippen MR) is 99.6 cm³/mol. The molecule has 3 aromatic carbocycles. The van der Waals surface area contributed by atoms with Crippen LogP contribution in [-0.4, -0.2) is 15.1 Å². The summed E-state index contributed by atoms with van der Waals surface area (Å²) in [6.07, 6.45) is 0. The highest BCUT2D eigenvalue weighted by Crippen LogP contribution is 2.38. The number of benzene rings is 3. The molecule has 0 bridgehead atoms. The molecular formula is C21H12N4O. The van der Waals surface area contributed by atoms with Crippen LogP contribution in [0.25, 0.3) is 38.4 Å². The molecule has 0 unspecified atom stereocenters. The van der Waals surface area contributed by atoms with E-state index in [-0.39, 0.29) is 5.75 Å². The Morgan fingerprint density at radius 3 is 2.54 bits per heavy atom. The Bertz CT molecular complexity index is 1210. The summed E-state index contributed by atoms with van der Waals surface area (Å²) in [5, 5.41) is 19.8. The Kier molecular flexibility index (Phi) is 3.61. The third-order valence-corrected chi connectivity index (χ3v) is 4.21. The molecule has 1 aromatic heterocycles. The normalized spacial score (nSPS) is 10.4. The predicted octanol–water partition coefficient (Wildman–Crippen LogP) is 5.02. The number of hydrogen-bond donors (Lipinski definition) is 2. The molecule has 0 radical (unpaired) electrons. The summed E-state index contributed by atoms with van der Waals surface area (Å²) in [6, 6.07) is 19.8. The highest BCUT2D eigenvalue weighted by molar-refractivity contribution is 5.85. The van der Waals surface area contributed by atoms with E-state index in [9.17, 15) is 5.11 Å². The van der Waals surface area contributed by atoms with Crippen LogP contribution in [0, 0.1) is 17.9 Å². The molecule has 0 fully saturated rings. The molecule has 5 heteroatoms. The van der Waals surface area contributed by atoms with Crippen LogP contribution in [0.2, 0.25) is 0 Å². The van der Waals surface area contributed by atoms with E-state index in [1.807, 2.05) is 24.3 Å². The maximum atomic E-state index is 10.8. The summed E-state index contributed by atoms with van der Waals surface area (Å²) >= 11 is 0. The molecule has 26 heavy (non-hydrogen) atoms. The van der Waals surface area contributed by atoms with E-state index in [4.69, 9.17) is 11.8 Å². The number of aromatic hydroxyl groups is 1. The molecule has 4 aromatic rings. The van der Waals surface area contributed by atoms with E-state index in [2.05, 4.69) is 20.9 Å². The van der Waals surface area contributed by atoms with Gasteiger partial charge in [0.1, 0.15) is 11.6 Å². The first-order chi connectivity index (χ1) is 12.7. The summed E-state index contributed by atoms with van der Waals surface area (Å²) in [7, 11) is 0. The van der Waals surface area contributed by atoms with Crippen molar-refractivity contribution in [1.82, 2.24) is 9.97 Å². The summed E-state index contributed by atoms with van der Waals surface area (Å²) < 4.78 is 0. The van der Waals surface area contributed by atoms with Gasteiger partial charge in [0.05, 0.1) is 34.8 Å². The van der Waals surface area contributed by atoms with Gasteiger partial charge in [0.25, 0.3) is 0 Å². The quantitative estimate of drug-likeness (QED) is 0.504. The lowest BCUT2D eigenvalue weighted by Crippen LogP contribution is -1.85.